The van der Waals surface area contributed by atoms with Crippen molar-refractivity contribution in [1.29, 1.82) is 0 Å². The Morgan fingerprint density at radius 1 is 1.19 bits per heavy atom. The average Bonchev–Trinajstić information content (AvgIpc) is 2.43. The Kier molecular flexibility index (Phi) is 5.15. The Morgan fingerprint density at radius 3 is 2.43 bits per heavy atom. The summed E-state index contributed by atoms with van der Waals surface area (Å²) < 4.78 is 1.01. The van der Waals surface area contributed by atoms with E-state index >= 15 is 0 Å². The second-order valence-corrected chi connectivity index (χ2v) is 5.98. The molecule has 2 aromatic rings. The molecule has 2 rings (SSSR count). The van der Waals surface area contributed by atoms with E-state index < -0.39 is 0 Å². The fourth-order valence-electron chi connectivity index (χ4n) is 2.40. The van der Waals surface area contributed by atoms with Crippen molar-refractivity contribution in [3.63, 3.8) is 0 Å². The molecule has 0 aliphatic heterocycles. The number of hydrogen-bond acceptors (Lipinski definition) is 2. The third kappa shape index (κ3) is 3.71. The van der Waals surface area contributed by atoms with Crippen molar-refractivity contribution in [1.82, 2.24) is 0 Å². The molecular formula is C17H19BrN2O. The zero-order chi connectivity index (χ0) is 15.4. The summed E-state index contributed by atoms with van der Waals surface area (Å²) in [6.45, 7) is 4.50. The molecule has 0 aliphatic rings. The molecule has 0 heterocycles. The van der Waals surface area contributed by atoms with Gasteiger partial charge in [0, 0.05) is 15.7 Å². The van der Waals surface area contributed by atoms with Crippen molar-refractivity contribution in [2.45, 2.75) is 20.3 Å². The van der Waals surface area contributed by atoms with E-state index in [0.717, 1.165) is 26.9 Å². The number of halogens is 1. The quantitative estimate of drug-likeness (QED) is 0.883. The lowest BCUT2D eigenvalue weighted by atomic mass is 10.0. The first-order valence-electron chi connectivity index (χ1n) is 6.89. The largest absolute Gasteiger partial charge is 0.330 e. The van der Waals surface area contributed by atoms with Gasteiger partial charge >= 0.3 is 0 Å². The van der Waals surface area contributed by atoms with Crippen molar-refractivity contribution >= 4 is 27.5 Å². The number of hydrogen-bond donors (Lipinski definition) is 2. The SMILES string of the molecule is Cc1cc(Br)cc(C)c1NC(=O)c1ccccc1CCN. The smallest absolute Gasteiger partial charge is 0.255 e. The molecule has 0 fully saturated rings. The number of rotatable bonds is 4. The molecule has 0 unspecified atom stereocenters. The molecule has 0 radical (unpaired) electrons. The minimum absolute atomic E-state index is 0.0902. The van der Waals surface area contributed by atoms with Gasteiger partial charge in [-0.1, -0.05) is 34.1 Å². The van der Waals surface area contributed by atoms with Gasteiger partial charge in [-0.05, 0) is 61.7 Å². The molecule has 0 aliphatic carbocycles. The predicted molar refractivity (Wildman–Crippen MR) is 90.8 cm³/mol. The number of amides is 1. The monoisotopic (exact) mass is 346 g/mol. The summed E-state index contributed by atoms with van der Waals surface area (Å²) in [6, 6.07) is 11.6. The first-order valence-corrected chi connectivity index (χ1v) is 7.68. The maximum atomic E-state index is 12.5. The lowest BCUT2D eigenvalue weighted by Gasteiger charge is -2.14. The van der Waals surface area contributed by atoms with Crippen molar-refractivity contribution in [2.75, 3.05) is 11.9 Å². The van der Waals surface area contributed by atoms with Crippen LogP contribution in [0.4, 0.5) is 5.69 Å². The van der Waals surface area contributed by atoms with Gasteiger partial charge in [-0.15, -0.1) is 0 Å². The number of nitrogens with two attached hydrogens (primary N) is 1. The third-order valence-electron chi connectivity index (χ3n) is 3.41. The lowest BCUT2D eigenvalue weighted by Crippen LogP contribution is -2.17. The van der Waals surface area contributed by atoms with Gasteiger partial charge in [0.1, 0.15) is 0 Å². The van der Waals surface area contributed by atoms with Crippen molar-refractivity contribution in [2.24, 2.45) is 5.73 Å². The fraction of sp³-hybridized carbons (Fsp3) is 0.235. The van der Waals surface area contributed by atoms with E-state index in [1.807, 2.05) is 50.2 Å². The molecule has 0 saturated heterocycles. The van der Waals surface area contributed by atoms with E-state index in [1.165, 1.54) is 0 Å². The van der Waals surface area contributed by atoms with E-state index in [9.17, 15) is 4.79 Å². The number of benzene rings is 2. The van der Waals surface area contributed by atoms with Crippen LogP contribution in [0.25, 0.3) is 0 Å². The van der Waals surface area contributed by atoms with Crippen LogP contribution < -0.4 is 11.1 Å². The van der Waals surface area contributed by atoms with Gasteiger partial charge in [0.25, 0.3) is 5.91 Å². The predicted octanol–water partition coefficient (Wildman–Crippen LogP) is 3.82. The van der Waals surface area contributed by atoms with Gasteiger partial charge in [0.05, 0.1) is 0 Å². The Balaban J connectivity index is 2.31. The summed E-state index contributed by atoms with van der Waals surface area (Å²) in [7, 11) is 0. The molecule has 21 heavy (non-hydrogen) atoms. The Labute approximate surface area is 133 Å². The number of carbonyl (C=O) groups is 1. The van der Waals surface area contributed by atoms with Crippen LogP contribution in [0.2, 0.25) is 0 Å². The van der Waals surface area contributed by atoms with Crippen LogP contribution in [0.3, 0.4) is 0 Å². The summed E-state index contributed by atoms with van der Waals surface area (Å²) in [4.78, 5) is 12.5. The highest BCUT2D eigenvalue weighted by Crippen LogP contribution is 2.26. The van der Waals surface area contributed by atoms with E-state index in [-0.39, 0.29) is 5.91 Å². The summed E-state index contributed by atoms with van der Waals surface area (Å²) in [5, 5.41) is 3.02. The molecule has 3 nitrogen and oxygen atoms in total. The van der Waals surface area contributed by atoms with Gasteiger partial charge in [-0.2, -0.15) is 0 Å². The highest BCUT2D eigenvalue weighted by Gasteiger charge is 2.13. The zero-order valence-corrected chi connectivity index (χ0v) is 13.8. The molecule has 2 aromatic carbocycles. The second kappa shape index (κ2) is 6.87. The molecule has 0 bridgehead atoms. The van der Waals surface area contributed by atoms with Crippen LogP contribution in [0.5, 0.6) is 0 Å². The van der Waals surface area contributed by atoms with Gasteiger partial charge in [0.15, 0.2) is 0 Å². The second-order valence-electron chi connectivity index (χ2n) is 5.06. The zero-order valence-electron chi connectivity index (χ0n) is 12.2. The normalized spacial score (nSPS) is 10.5. The summed E-state index contributed by atoms with van der Waals surface area (Å²) >= 11 is 3.46. The fourth-order valence-corrected chi connectivity index (χ4v) is 3.09. The molecule has 0 spiro atoms. The van der Waals surface area contributed by atoms with E-state index in [2.05, 4.69) is 21.2 Å². The summed E-state index contributed by atoms with van der Waals surface area (Å²) in [5.41, 5.74) is 10.2. The van der Waals surface area contributed by atoms with Crippen LogP contribution in [-0.4, -0.2) is 12.5 Å². The summed E-state index contributed by atoms with van der Waals surface area (Å²) in [6.07, 6.45) is 0.696. The Morgan fingerprint density at radius 2 is 1.81 bits per heavy atom. The molecule has 0 atom stereocenters. The Bertz CT molecular complexity index is 645. The maximum Gasteiger partial charge on any atom is 0.255 e. The van der Waals surface area contributed by atoms with Crippen molar-refractivity contribution < 1.29 is 4.79 Å². The van der Waals surface area contributed by atoms with Crippen LogP contribution in [0, 0.1) is 13.8 Å². The lowest BCUT2D eigenvalue weighted by molar-refractivity contribution is 0.102. The molecule has 0 aromatic heterocycles. The minimum Gasteiger partial charge on any atom is -0.330 e. The third-order valence-corrected chi connectivity index (χ3v) is 3.87. The first kappa shape index (κ1) is 15.7. The first-order chi connectivity index (χ1) is 10.0. The van der Waals surface area contributed by atoms with Gasteiger partial charge < -0.3 is 11.1 Å². The Hall–Kier alpha value is -1.65. The van der Waals surface area contributed by atoms with Crippen molar-refractivity contribution in [3.05, 3.63) is 63.1 Å². The standard InChI is InChI=1S/C17H19BrN2O/c1-11-9-14(18)10-12(2)16(11)20-17(21)15-6-4-3-5-13(15)7-8-19/h3-6,9-10H,7-8,19H2,1-2H3,(H,20,21). The molecular weight excluding hydrogens is 328 g/mol. The van der Waals surface area contributed by atoms with E-state index in [0.29, 0.717) is 18.5 Å². The minimum atomic E-state index is -0.0902. The van der Waals surface area contributed by atoms with Crippen LogP contribution in [-0.2, 0) is 6.42 Å². The molecule has 4 heteroatoms. The molecule has 0 saturated carbocycles. The number of aryl methyl sites for hydroxylation is 2. The van der Waals surface area contributed by atoms with Gasteiger partial charge in [0.2, 0.25) is 0 Å². The van der Waals surface area contributed by atoms with Crippen LogP contribution in [0.15, 0.2) is 40.9 Å². The molecule has 1 amide bonds. The summed E-state index contributed by atoms with van der Waals surface area (Å²) in [5.74, 6) is -0.0902. The van der Waals surface area contributed by atoms with Gasteiger partial charge in [-0.3, -0.25) is 4.79 Å². The number of nitrogens with one attached hydrogen (secondary N) is 1. The molecule has 3 N–H and O–H groups in total. The topological polar surface area (TPSA) is 55.1 Å². The highest BCUT2D eigenvalue weighted by atomic mass is 79.9. The highest BCUT2D eigenvalue weighted by molar-refractivity contribution is 9.10. The van der Waals surface area contributed by atoms with E-state index in [1.54, 1.807) is 0 Å². The number of anilines is 1. The maximum absolute atomic E-state index is 12.5. The van der Waals surface area contributed by atoms with E-state index in [4.69, 9.17) is 5.73 Å². The molecule has 110 valence electrons. The van der Waals surface area contributed by atoms with Crippen LogP contribution >= 0.6 is 15.9 Å². The van der Waals surface area contributed by atoms with Crippen molar-refractivity contribution in [3.8, 4) is 0 Å². The van der Waals surface area contributed by atoms with Gasteiger partial charge in [-0.25, -0.2) is 0 Å². The average molecular weight is 347 g/mol. The number of carbonyl (C=O) groups excluding carboxylic acids is 1. The van der Waals surface area contributed by atoms with Crippen LogP contribution in [0.1, 0.15) is 27.0 Å².